The lowest BCUT2D eigenvalue weighted by atomic mass is 9.99. The van der Waals surface area contributed by atoms with Gasteiger partial charge in [-0.05, 0) is 51.0 Å². The summed E-state index contributed by atoms with van der Waals surface area (Å²) < 4.78 is 0. The lowest BCUT2D eigenvalue weighted by Crippen LogP contribution is -2.54. The molecule has 0 aliphatic carbocycles. The van der Waals surface area contributed by atoms with Crippen LogP contribution in [-0.2, 0) is 29.0 Å². The summed E-state index contributed by atoms with van der Waals surface area (Å²) in [6.45, 7) is 7.89. The van der Waals surface area contributed by atoms with Crippen LogP contribution in [0, 0.1) is 6.92 Å². The highest BCUT2D eigenvalue weighted by Gasteiger charge is 2.33. The van der Waals surface area contributed by atoms with E-state index in [0.29, 0.717) is 22.0 Å². The van der Waals surface area contributed by atoms with Crippen LogP contribution in [0.25, 0.3) is 0 Å². The number of amides is 2. The van der Waals surface area contributed by atoms with Crippen molar-refractivity contribution in [2.75, 3.05) is 0 Å². The van der Waals surface area contributed by atoms with Gasteiger partial charge in [0.2, 0.25) is 11.8 Å². The molecule has 0 aromatic heterocycles. The van der Waals surface area contributed by atoms with E-state index in [9.17, 15) is 9.59 Å². The topological polar surface area (TPSA) is 49.4 Å². The van der Waals surface area contributed by atoms with Crippen molar-refractivity contribution in [2.45, 2.75) is 58.7 Å². The molecule has 3 aromatic rings. The van der Waals surface area contributed by atoms with Crippen molar-refractivity contribution < 1.29 is 9.59 Å². The second kappa shape index (κ2) is 11.7. The van der Waals surface area contributed by atoms with Gasteiger partial charge in [0.25, 0.3) is 0 Å². The molecule has 3 rings (SSSR count). The molecular weight excluding hydrogens is 479 g/mol. The Balaban J connectivity index is 2.04. The van der Waals surface area contributed by atoms with E-state index in [-0.39, 0.29) is 24.8 Å². The third kappa shape index (κ3) is 7.84. The normalized spacial score (nSPS) is 12.2. The number of carbonyl (C=O) groups excluding carboxylic acids is 2. The molecule has 4 nitrogen and oxygen atoms in total. The minimum atomic E-state index is -0.749. The molecule has 1 N–H and O–H groups in total. The minimum absolute atomic E-state index is 0.123. The molecule has 3 aromatic carbocycles. The maximum Gasteiger partial charge on any atom is 0.243 e. The maximum atomic E-state index is 13.8. The van der Waals surface area contributed by atoms with Crippen molar-refractivity contribution in [2.24, 2.45) is 0 Å². The highest BCUT2D eigenvalue weighted by atomic mass is 35.5. The summed E-state index contributed by atoms with van der Waals surface area (Å²) in [6, 6.07) is 22.0. The second-order valence-electron chi connectivity index (χ2n) is 9.83. The summed E-state index contributed by atoms with van der Waals surface area (Å²) in [5.41, 5.74) is 3.08. The van der Waals surface area contributed by atoms with Crippen LogP contribution in [0.5, 0.6) is 0 Å². The van der Waals surface area contributed by atoms with Gasteiger partial charge in [0.15, 0.2) is 0 Å². The Labute approximate surface area is 218 Å². The van der Waals surface area contributed by atoms with Crippen LogP contribution in [0.3, 0.4) is 0 Å². The standard InChI is InChI=1S/C29H32Cl2N2O2/c1-20-10-8-13-22(16-20)18-27(34)33(19-23-24(30)14-9-15-25(23)31)26(28(35)32-29(2,3)4)17-21-11-6-5-7-12-21/h5-16,26H,17-19H2,1-4H3,(H,32,35)/t26-/m1/s1. The number of carbonyl (C=O) groups is 2. The van der Waals surface area contributed by atoms with Crippen molar-refractivity contribution >= 4 is 35.0 Å². The molecule has 2 amide bonds. The summed E-state index contributed by atoms with van der Waals surface area (Å²) in [4.78, 5) is 29.0. The molecule has 0 unspecified atom stereocenters. The van der Waals surface area contributed by atoms with Gasteiger partial charge in [-0.1, -0.05) is 89.4 Å². The first kappa shape index (κ1) is 26.8. The van der Waals surface area contributed by atoms with Gasteiger partial charge in [-0.3, -0.25) is 9.59 Å². The monoisotopic (exact) mass is 510 g/mol. The summed E-state index contributed by atoms with van der Waals surface area (Å²) in [5, 5.41) is 3.98. The molecule has 0 aliphatic heterocycles. The van der Waals surface area contributed by atoms with Crippen molar-refractivity contribution in [3.05, 3.63) is 105 Å². The fourth-order valence-corrected chi connectivity index (χ4v) is 4.48. The highest BCUT2D eigenvalue weighted by molar-refractivity contribution is 6.36. The number of halogens is 2. The number of aryl methyl sites for hydroxylation is 1. The first-order valence-corrected chi connectivity index (χ1v) is 12.4. The van der Waals surface area contributed by atoms with Gasteiger partial charge in [-0.25, -0.2) is 0 Å². The van der Waals surface area contributed by atoms with Crippen molar-refractivity contribution in [3.63, 3.8) is 0 Å². The minimum Gasteiger partial charge on any atom is -0.350 e. The van der Waals surface area contributed by atoms with E-state index in [1.54, 1.807) is 23.1 Å². The summed E-state index contributed by atoms with van der Waals surface area (Å²) in [5.74, 6) is -0.390. The number of benzene rings is 3. The van der Waals surface area contributed by atoms with Gasteiger partial charge < -0.3 is 10.2 Å². The number of hydrogen-bond donors (Lipinski definition) is 1. The average Bonchev–Trinajstić information content (AvgIpc) is 2.77. The molecule has 6 heteroatoms. The predicted octanol–water partition coefficient (Wildman–Crippen LogP) is 6.40. The molecule has 0 bridgehead atoms. The van der Waals surface area contributed by atoms with Crippen LogP contribution in [0.1, 0.15) is 43.0 Å². The first-order valence-electron chi connectivity index (χ1n) is 11.7. The fraction of sp³-hybridized carbons (Fsp3) is 0.310. The number of hydrogen-bond acceptors (Lipinski definition) is 2. The van der Waals surface area contributed by atoms with Crippen LogP contribution >= 0.6 is 23.2 Å². The number of rotatable bonds is 8. The number of nitrogens with one attached hydrogen (secondary N) is 1. The molecular formula is C29H32Cl2N2O2. The SMILES string of the molecule is Cc1cccc(CC(=O)N(Cc2c(Cl)cccc2Cl)[C@H](Cc2ccccc2)C(=O)NC(C)(C)C)c1. The van der Waals surface area contributed by atoms with Crippen LogP contribution < -0.4 is 5.32 Å². The molecule has 1 atom stereocenters. The zero-order valence-electron chi connectivity index (χ0n) is 20.6. The second-order valence-corrected chi connectivity index (χ2v) is 10.6. The molecule has 35 heavy (non-hydrogen) atoms. The van der Waals surface area contributed by atoms with E-state index in [1.807, 2.05) is 82.3 Å². The number of nitrogens with zero attached hydrogens (tertiary/aromatic N) is 1. The molecule has 0 spiro atoms. The maximum absolute atomic E-state index is 13.8. The summed E-state index contributed by atoms with van der Waals surface area (Å²) in [7, 11) is 0. The zero-order valence-corrected chi connectivity index (χ0v) is 22.2. The van der Waals surface area contributed by atoms with Crippen molar-refractivity contribution in [1.29, 1.82) is 0 Å². The summed E-state index contributed by atoms with van der Waals surface area (Å²) >= 11 is 13.0. The fourth-order valence-electron chi connectivity index (χ4n) is 3.96. The van der Waals surface area contributed by atoms with Crippen LogP contribution in [-0.4, -0.2) is 28.3 Å². The molecule has 0 aliphatic rings. The first-order chi connectivity index (χ1) is 16.5. The van der Waals surface area contributed by atoms with Gasteiger partial charge in [0.05, 0.1) is 6.42 Å². The summed E-state index contributed by atoms with van der Waals surface area (Å²) in [6.07, 6.45) is 0.530. The van der Waals surface area contributed by atoms with Gasteiger partial charge in [-0.2, -0.15) is 0 Å². The van der Waals surface area contributed by atoms with Gasteiger partial charge in [-0.15, -0.1) is 0 Å². The highest BCUT2D eigenvalue weighted by Crippen LogP contribution is 2.28. The smallest absolute Gasteiger partial charge is 0.243 e. The Morgan fingerprint density at radius 2 is 1.49 bits per heavy atom. The van der Waals surface area contributed by atoms with E-state index >= 15 is 0 Å². The lowest BCUT2D eigenvalue weighted by Gasteiger charge is -2.34. The van der Waals surface area contributed by atoms with Gasteiger partial charge >= 0.3 is 0 Å². The molecule has 184 valence electrons. The van der Waals surface area contributed by atoms with Gasteiger partial charge in [0.1, 0.15) is 6.04 Å². The molecule has 0 saturated carbocycles. The zero-order chi connectivity index (χ0) is 25.6. The Morgan fingerprint density at radius 1 is 0.886 bits per heavy atom. The van der Waals surface area contributed by atoms with Crippen molar-refractivity contribution in [3.8, 4) is 0 Å². The largest absolute Gasteiger partial charge is 0.350 e. The Hall–Kier alpha value is -2.82. The average molecular weight is 511 g/mol. The van der Waals surface area contributed by atoms with E-state index < -0.39 is 11.6 Å². The van der Waals surface area contributed by atoms with E-state index in [1.165, 1.54) is 0 Å². The Kier molecular flexibility index (Phi) is 8.98. The molecule has 0 radical (unpaired) electrons. The van der Waals surface area contributed by atoms with E-state index in [0.717, 1.165) is 16.7 Å². The Bertz CT molecular complexity index is 1150. The van der Waals surface area contributed by atoms with Crippen LogP contribution in [0.4, 0.5) is 0 Å². The predicted molar refractivity (Wildman–Crippen MR) is 144 cm³/mol. The molecule has 0 saturated heterocycles. The lowest BCUT2D eigenvalue weighted by molar-refractivity contribution is -0.141. The van der Waals surface area contributed by atoms with E-state index in [2.05, 4.69) is 5.32 Å². The Morgan fingerprint density at radius 3 is 2.09 bits per heavy atom. The van der Waals surface area contributed by atoms with Crippen molar-refractivity contribution in [1.82, 2.24) is 10.2 Å². The third-order valence-electron chi connectivity index (χ3n) is 5.60. The van der Waals surface area contributed by atoms with Gasteiger partial charge in [0, 0.05) is 34.1 Å². The quantitative estimate of drug-likeness (QED) is 0.381. The molecule has 0 fully saturated rings. The van der Waals surface area contributed by atoms with E-state index in [4.69, 9.17) is 23.2 Å². The third-order valence-corrected chi connectivity index (χ3v) is 6.31. The molecule has 0 heterocycles. The van der Waals surface area contributed by atoms with Crippen LogP contribution in [0.2, 0.25) is 10.0 Å². The van der Waals surface area contributed by atoms with Crippen LogP contribution in [0.15, 0.2) is 72.8 Å².